The van der Waals surface area contributed by atoms with Gasteiger partial charge >= 0.3 is 0 Å². The molecule has 0 aliphatic carbocycles. The van der Waals surface area contributed by atoms with Crippen LogP contribution >= 0.6 is 47.0 Å². The Bertz CT molecular complexity index is 646. The fraction of sp³-hybridized carbons (Fsp3) is 0. The zero-order valence-electron chi connectivity index (χ0n) is 9.49. The van der Waals surface area contributed by atoms with Crippen LogP contribution in [0.3, 0.4) is 0 Å². The van der Waals surface area contributed by atoms with Gasteiger partial charge in [0.2, 0.25) is 0 Å². The van der Waals surface area contributed by atoms with E-state index in [1.807, 2.05) is 12.1 Å². The van der Waals surface area contributed by atoms with Crippen LogP contribution in [0.4, 0.5) is 0 Å². The Morgan fingerprint density at radius 2 is 1.58 bits per heavy atom. The summed E-state index contributed by atoms with van der Waals surface area (Å²) in [6.07, 6.45) is 0. The van der Waals surface area contributed by atoms with Crippen molar-refractivity contribution in [2.24, 2.45) is 5.73 Å². The van der Waals surface area contributed by atoms with Crippen molar-refractivity contribution in [1.82, 2.24) is 0 Å². The Balaban J connectivity index is 2.42. The second kappa shape index (κ2) is 5.97. The largest absolute Gasteiger partial charge is 0.455 e. The van der Waals surface area contributed by atoms with Gasteiger partial charge in [0.15, 0.2) is 0 Å². The van der Waals surface area contributed by atoms with Crippen LogP contribution in [0.25, 0.3) is 0 Å². The van der Waals surface area contributed by atoms with Gasteiger partial charge in [-0.3, -0.25) is 0 Å². The molecular formula is C13H8Cl3NOS. The van der Waals surface area contributed by atoms with Crippen molar-refractivity contribution in [2.75, 3.05) is 0 Å². The molecule has 6 heteroatoms. The van der Waals surface area contributed by atoms with Gasteiger partial charge < -0.3 is 10.5 Å². The van der Waals surface area contributed by atoms with Gasteiger partial charge in [-0.2, -0.15) is 0 Å². The molecule has 0 heterocycles. The number of nitrogens with two attached hydrogens (primary N) is 1. The monoisotopic (exact) mass is 331 g/mol. The van der Waals surface area contributed by atoms with Crippen molar-refractivity contribution in [3.63, 3.8) is 0 Å². The van der Waals surface area contributed by atoms with Gasteiger partial charge in [-0.25, -0.2) is 0 Å². The summed E-state index contributed by atoms with van der Waals surface area (Å²) in [5.74, 6) is 0.898. The van der Waals surface area contributed by atoms with E-state index in [9.17, 15) is 0 Å². The van der Waals surface area contributed by atoms with Crippen molar-refractivity contribution in [3.05, 3.63) is 57.0 Å². The summed E-state index contributed by atoms with van der Waals surface area (Å²) < 4.78 is 5.69. The highest BCUT2D eigenvalue weighted by atomic mass is 35.5. The number of benzene rings is 2. The first-order valence-electron chi connectivity index (χ1n) is 5.20. The van der Waals surface area contributed by atoms with E-state index >= 15 is 0 Å². The molecule has 2 rings (SSSR count). The Morgan fingerprint density at radius 1 is 0.947 bits per heavy atom. The Labute approximate surface area is 131 Å². The molecule has 0 bridgehead atoms. The van der Waals surface area contributed by atoms with Crippen molar-refractivity contribution in [3.8, 4) is 11.5 Å². The minimum atomic E-state index is 0.242. The minimum Gasteiger partial charge on any atom is -0.455 e. The summed E-state index contributed by atoms with van der Waals surface area (Å²) in [4.78, 5) is 0.242. The van der Waals surface area contributed by atoms with E-state index in [2.05, 4.69) is 0 Å². The van der Waals surface area contributed by atoms with Gasteiger partial charge in [0.05, 0.1) is 20.6 Å². The van der Waals surface area contributed by atoms with E-state index in [1.54, 1.807) is 18.2 Å². The lowest BCUT2D eigenvalue weighted by Crippen LogP contribution is -2.10. The summed E-state index contributed by atoms with van der Waals surface area (Å²) in [6.45, 7) is 0. The van der Waals surface area contributed by atoms with Gasteiger partial charge in [0.25, 0.3) is 0 Å². The third kappa shape index (κ3) is 3.31. The molecule has 2 aromatic carbocycles. The highest BCUT2D eigenvalue weighted by Gasteiger charge is 2.11. The zero-order valence-corrected chi connectivity index (χ0v) is 12.6. The smallest absolute Gasteiger partial charge is 0.147 e. The second-order valence-corrected chi connectivity index (χ2v) is 5.32. The van der Waals surface area contributed by atoms with E-state index in [4.69, 9.17) is 57.5 Å². The molecule has 0 saturated heterocycles. The number of para-hydroxylation sites is 1. The average molecular weight is 333 g/mol. The molecule has 2 aromatic rings. The minimum absolute atomic E-state index is 0.242. The number of rotatable bonds is 3. The molecule has 0 aliphatic heterocycles. The number of halogens is 3. The Kier molecular flexibility index (Phi) is 4.53. The van der Waals surface area contributed by atoms with Crippen molar-refractivity contribution in [1.29, 1.82) is 0 Å². The van der Waals surface area contributed by atoms with E-state index in [0.717, 1.165) is 0 Å². The highest BCUT2D eigenvalue weighted by Crippen LogP contribution is 2.37. The quantitative estimate of drug-likeness (QED) is 0.629. The molecule has 0 saturated carbocycles. The maximum Gasteiger partial charge on any atom is 0.147 e. The average Bonchev–Trinajstić information content (AvgIpc) is 2.36. The van der Waals surface area contributed by atoms with E-state index < -0.39 is 0 Å². The first-order valence-corrected chi connectivity index (χ1v) is 6.74. The number of hydrogen-bond donors (Lipinski definition) is 1. The third-order valence-electron chi connectivity index (χ3n) is 2.35. The molecule has 0 unspecified atom stereocenters. The topological polar surface area (TPSA) is 35.2 Å². The standard InChI is InChI=1S/C13H8Cl3NOS/c14-8-5-10(16)12(6-9(8)15)18-11-4-2-1-3-7(11)13(17)19/h1-6H,(H2,17,19). The second-order valence-electron chi connectivity index (χ2n) is 3.66. The summed E-state index contributed by atoms with van der Waals surface area (Å²) in [5.41, 5.74) is 6.26. The molecule has 98 valence electrons. The van der Waals surface area contributed by atoms with Crippen LogP contribution in [0.1, 0.15) is 5.56 Å². The van der Waals surface area contributed by atoms with E-state index in [-0.39, 0.29) is 4.99 Å². The lowest BCUT2D eigenvalue weighted by Gasteiger charge is -2.12. The maximum absolute atomic E-state index is 6.05. The Morgan fingerprint density at radius 3 is 2.26 bits per heavy atom. The lowest BCUT2D eigenvalue weighted by atomic mass is 10.2. The predicted octanol–water partition coefficient (Wildman–Crippen LogP) is 5.07. The molecule has 2 N–H and O–H groups in total. The normalized spacial score (nSPS) is 10.3. The van der Waals surface area contributed by atoms with Gasteiger partial charge in [0.1, 0.15) is 16.5 Å². The van der Waals surface area contributed by atoms with Gasteiger partial charge in [-0.15, -0.1) is 0 Å². The maximum atomic E-state index is 6.05. The Hall–Kier alpha value is -1.000. The van der Waals surface area contributed by atoms with Crippen LogP contribution in [0.15, 0.2) is 36.4 Å². The molecule has 0 aliphatic rings. The molecule has 0 aromatic heterocycles. The predicted molar refractivity (Wildman–Crippen MR) is 83.9 cm³/mol. The number of hydrogen-bond acceptors (Lipinski definition) is 2. The van der Waals surface area contributed by atoms with Crippen LogP contribution in [0.5, 0.6) is 11.5 Å². The van der Waals surface area contributed by atoms with E-state index in [0.29, 0.717) is 32.1 Å². The van der Waals surface area contributed by atoms with Crippen LogP contribution in [0.2, 0.25) is 15.1 Å². The molecule has 0 atom stereocenters. The summed E-state index contributed by atoms with van der Waals surface area (Å²) in [7, 11) is 0. The fourth-order valence-electron chi connectivity index (χ4n) is 1.46. The van der Waals surface area contributed by atoms with Crippen LogP contribution in [-0.4, -0.2) is 4.99 Å². The van der Waals surface area contributed by atoms with Crippen LogP contribution < -0.4 is 10.5 Å². The first-order chi connectivity index (χ1) is 8.99. The molecular weight excluding hydrogens is 325 g/mol. The molecule has 0 amide bonds. The number of thiocarbonyl (C=S) groups is 1. The third-order valence-corrected chi connectivity index (χ3v) is 3.58. The zero-order chi connectivity index (χ0) is 14.0. The van der Waals surface area contributed by atoms with Crippen molar-refractivity contribution >= 4 is 52.0 Å². The van der Waals surface area contributed by atoms with Gasteiger partial charge in [-0.1, -0.05) is 59.2 Å². The van der Waals surface area contributed by atoms with Crippen LogP contribution in [0, 0.1) is 0 Å². The van der Waals surface area contributed by atoms with Gasteiger partial charge in [-0.05, 0) is 18.2 Å². The van der Waals surface area contributed by atoms with Crippen molar-refractivity contribution in [2.45, 2.75) is 0 Å². The van der Waals surface area contributed by atoms with Crippen LogP contribution in [-0.2, 0) is 0 Å². The molecule has 0 fully saturated rings. The summed E-state index contributed by atoms with van der Waals surface area (Å²) >= 11 is 22.8. The molecule has 19 heavy (non-hydrogen) atoms. The molecule has 0 spiro atoms. The summed E-state index contributed by atoms with van der Waals surface area (Å²) in [6, 6.07) is 10.2. The SMILES string of the molecule is NC(=S)c1ccccc1Oc1cc(Cl)c(Cl)cc1Cl. The lowest BCUT2D eigenvalue weighted by molar-refractivity contribution is 0.482. The summed E-state index contributed by atoms with van der Waals surface area (Å²) in [5, 5.41) is 1.07. The van der Waals surface area contributed by atoms with Gasteiger partial charge in [0, 0.05) is 6.07 Å². The fourth-order valence-corrected chi connectivity index (χ4v) is 2.20. The number of ether oxygens (including phenoxy) is 1. The molecule has 0 radical (unpaired) electrons. The first kappa shape index (κ1) is 14.4. The van der Waals surface area contributed by atoms with Crippen molar-refractivity contribution < 1.29 is 4.74 Å². The molecule has 2 nitrogen and oxygen atoms in total. The van der Waals surface area contributed by atoms with E-state index in [1.165, 1.54) is 6.07 Å². The highest BCUT2D eigenvalue weighted by molar-refractivity contribution is 7.80.